The Kier molecular flexibility index (Phi) is 6.59. The van der Waals surface area contributed by atoms with Gasteiger partial charge in [-0.1, -0.05) is 42.5 Å². The summed E-state index contributed by atoms with van der Waals surface area (Å²) in [6.45, 7) is 6.19. The zero-order valence-corrected chi connectivity index (χ0v) is 15.2. The van der Waals surface area contributed by atoms with Crippen molar-refractivity contribution in [3.8, 4) is 5.75 Å². The quantitative estimate of drug-likeness (QED) is 0.773. The number of carbonyl (C=O) groups is 1. The van der Waals surface area contributed by atoms with Crippen molar-refractivity contribution in [3.63, 3.8) is 0 Å². The van der Waals surface area contributed by atoms with E-state index in [4.69, 9.17) is 4.74 Å². The Hall–Kier alpha value is -2.33. The first kappa shape index (κ1) is 19.0. The molecule has 0 fully saturated rings. The molecular formula is C21H27NO3. The van der Waals surface area contributed by atoms with Crippen molar-refractivity contribution < 1.29 is 14.6 Å². The number of hydrogen-bond acceptors (Lipinski definition) is 3. The molecule has 0 aliphatic carbocycles. The van der Waals surface area contributed by atoms with Crippen LogP contribution in [-0.2, 0) is 16.8 Å². The van der Waals surface area contributed by atoms with Crippen molar-refractivity contribution >= 4 is 5.91 Å². The average molecular weight is 341 g/mol. The van der Waals surface area contributed by atoms with Crippen LogP contribution in [0.15, 0.2) is 54.6 Å². The number of rotatable bonds is 8. The maximum absolute atomic E-state index is 12.1. The summed E-state index contributed by atoms with van der Waals surface area (Å²) in [4.78, 5) is 12.1. The van der Waals surface area contributed by atoms with Crippen LogP contribution in [0.4, 0.5) is 0 Å². The first-order valence-corrected chi connectivity index (χ1v) is 8.67. The predicted molar refractivity (Wildman–Crippen MR) is 99.5 cm³/mol. The van der Waals surface area contributed by atoms with Gasteiger partial charge in [-0.2, -0.15) is 0 Å². The fourth-order valence-electron chi connectivity index (χ4n) is 2.63. The highest BCUT2D eigenvalue weighted by Crippen LogP contribution is 2.23. The van der Waals surface area contributed by atoms with Gasteiger partial charge in [0, 0.05) is 6.54 Å². The van der Waals surface area contributed by atoms with Crippen molar-refractivity contribution in [1.29, 1.82) is 0 Å². The molecule has 0 aliphatic rings. The maximum Gasteiger partial charge on any atom is 0.223 e. The van der Waals surface area contributed by atoms with E-state index in [0.29, 0.717) is 6.54 Å². The van der Waals surface area contributed by atoms with Gasteiger partial charge in [0.05, 0.1) is 18.1 Å². The molecule has 2 aromatic carbocycles. The van der Waals surface area contributed by atoms with Crippen molar-refractivity contribution in [2.75, 3.05) is 6.54 Å². The molecule has 1 unspecified atom stereocenters. The van der Waals surface area contributed by atoms with Crippen molar-refractivity contribution in [3.05, 3.63) is 65.7 Å². The van der Waals surface area contributed by atoms with Crippen LogP contribution in [0.5, 0.6) is 5.75 Å². The van der Waals surface area contributed by atoms with Crippen LogP contribution < -0.4 is 10.1 Å². The second-order valence-electron chi connectivity index (χ2n) is 6.73. The summed E-state index contributed by atoms with van der Waals surface area (Å²) >= 11 is 0. The lowest BCUT2D eigenvalue weighted by Crippen LogP contribution is -2.33. The van der Waals surface area contributed by atoms with Gasteiger partial charge in [-0.05, 0) is 50.5 Å². The zero-order chi connectivity index (χ0) is 18.3. The lowest BCUT2D eigenvalue weighted by atomic mass is 9.92. The second kappa shape index (κ2) is 8.67. The third-order valence-corrected chi connectivity index (χ3v) is 3.93. The lowest BCUT2D eigenvalue weighted by Gasteiger charge is -2.23. The molecule has 1 atom stereocenters. The van der Waals surface area contributed by atoms with Gasteiger partial charge in [0.25, 0.3) is 0 Å². The molecule has 0 aromatic heterocycles. The number of hydrogen-bond donors (Lipinski definition) is 2. The SMILES string of the molecule is CC(C)Oc1ccc(CCNC(=O)CC(C)(O)c2ccccc2)cc1. The highest BCUT2D eigenvalue weighted by molar-refractivity contribution is 5.77. The molecule has 0 saturated heterocycles. The van der Waals surface area contributed by atoms with Crippen molar-refractivity contribution in [1.82, 2.24) is 5.32 Å². The Bertz CT molecular complexity index is 663. The van der Waals surface area contributed by atoms with Crippen molar-refractivity contribution in [2.45, 2.75) is 45.3 Å². The van der Waals surface area contributed by atoms with Gasteiger partial charge in [-0.15, -0.1) is 0 Å². The van der Waals surface area contributed by atoms with Crippen LogP contribution in [0.2, 0.25) is 0 Å². The number of aliphatic hydroxyl groups is 1. The van der Waals surface area contributed by atoms with Gasteiger partial charge in [0.1, 0.15) is 5.75 Å². The van der Waals surface area contributed by atoms with Gasteiger partial charge in [-0.25, -0.2) is 0 Å². The molecule has 0 radical (unpaired) electrons. The minimum atomic E-state index is -1.17. The first-order valence-electron chi connectivity index (χ1n) is 8.67. The molecule has 0 bridgehead atoms. The number of nitrogens with one attached hydrogen (secondary N) is 1. The highest BCUT2D eigenvalue weighted by Gasteiger charge is 2.26. The molecular weight excluding hydrogens is 314 g/mol. The number of carbonyl (C=O) groups excluding carboxylic acids is 1. The Balaban J connectivity index is 1.78. The van der Waals surface area contributed by atoms with Gasteiger partial charge in [0.15, 0.2) is 0 Å². The lowest BCUT2D eigenvalue weighted by molar-refractivity contribution is -0.125. The smallest absolute Gasteiger partial charge is 0.223 e. The number of ether oxygens (including phenoxy) is 1. The standard InChI is InChI=1S/C21H27NO3/c1-16(2)25-19-11-9-17(10-12-19)13-14-22-20(23)15-21(3,24)18-7-5-4-6-8-18/h4-12,16,24H,13-15H2,1-3H3,(H,22,23). The molecule has 0 saturated carbocycles. The van der Waals surface area contributed by atoms with Gasteiger partial charge >= 0.3 is 0 Å². The van der Waals surface area contributed by atoms with Crippen LogP contribution >= 0.6 is 0 Å². The molecule has 25 heavy (non-hydrogen) atoms. The molecule has 4 nitrogen and oxygen atoms in total. The summed E-state index contributed by atoms with van der Waals surface area (Å²) in [5, 5.41) is 13.4. The topological polar surface area (TPSA) is 58.6 Å². The molecule has 0 aliphatic heterocycles. The fraction of sp³-hybridized carbons (Fsp3) is 0.381. The van der Waals surface area contributed by atoms with Crippen LogP contribution in [0, 0.1) is 0 Å². The summed E-state index contributed by atoms with van der Waals surface area (Å²) in [6.07, 6.45) is 0.932. The summed E-state index contributed by atoms with van der Waals surface area (Å²) in [7, 11) is 0. The molecule has 0 spiro atoms. The van der Waals surface area contributed by atoms with E-state index in [1.165, 1.54) is 0 Å². The number of amides is 1. The Morgan fingerprint density at radius 2 is 1.76 bits per heavy atom. The van der Waals surface area contributed by atoms with E-state index in [1.54, 1.807) is 6.92 Å². The van der Waals surface area contributed by atoms with Gasteiger partial charge < -0.3 is 15.2 Å². The van der Waals surface area contributed by atoms with E-state index in [9.17, 15) is 9.90 Å². The normalized spacial score (nSPS) is 13.3. The van der Waals surface area contributed by atoms with Crippen LogP contribution in [0.25, 0.3) is 0 Å². The summed E-state index contributed by atoms with van der Waals surface area (Å²) in [6, 6.07) is 17.1. The maximum atomic E-state index is 12.1. The van der Waals surface area contributed by atoms with E-state index in [0.717, 1.165) is 23.3 Å². The minimum Gasteiger partial charge on any atom is -0.491 e. The van der Waals surface area contributed by atoms with Crippen LogP contribution in [-0.4, -0.2) is 23.7 Å². The van der Waals surface area contributed by atoms with Gasteiger partial charge in [0.2, 0.25) is 5.91 Å². The molecule has 2 rings (SSSR count). The first-order chi connectivity index (χ1) is 11.9. The van der Waals surface area contributed by atoms with Crippen molar-refractivity contribution in [2.24, 2.45) is 0 Å². The van der Waals surface area contributed by atoms with E-state index in [-0.39, 0.29) is 18.4 Å². The second-order valence-corrected chi connectivity index (χ2v) is 6.73. The third-order valence-electron chi connectivity index (χ3n) is 3.93. The minimum absolute atomic E-state index is 0.0399. The summed E-state index contributed by atoms with van der Waals surface area (Å²) < 4.78 is 5.61. The molecule has 0 heterocycles. The third kappa shape index (κ3) is 6.24. The van der Waals surface area contributed by atoms with E-state index in [1.807, 2.05) is 68.4 Å². The van der Waals surface area contributed by atoms with Crippen LogP contribution in [0.1, 0.15) is 38.3 Å². The largest absolute Gasteiger partial charge is 0.491 e. The average Bonchev–Trinajstić information content (AvgIpc) is 2.56. The van der Waals surface area contributed by atoms with E-state index < -0.39 is 5.60 Å². The van der Waals surface area contributed by atoms with E-state index >= 15 is 0 Å². The van der Waals surface area contributed by atoms with E-state index in [2.05, 4.69) is 5.32 Å². The summed E-state index contributed by atoms with van der Waals surface area (Å²) in [5.74, 6) is 0.690. The zero-order valence-electron chi connectivity index (χ0n) is 15.2. The number of benzene rings is 2. The highest BCUT2D eigenvalue weighted by atomic mass is 16.5. The molecule has 2 N–H and O–H groups in total. The molecule has 4 heteroatoms. The monoisotopic (exact) mass is 341 g/mol. The summed E-state index contributed by atoms with van der Waals surface area (Å²) in [5.41, 5.74) is 0.707. The Morgan fingerprint density at radius 3 is 2.36 bits per heavy atom. The van der Waals surface area contributed by atoms with Crippen LogP contribution in [0.3, 0.4) is 0 Å². The Morgan fingerprint density at radius 1 is 1.12 bits per heavy atom. The molecule has 1 amide bonds. The molecule has 134 valence electrons. The predicted octanol–water partition coefficient (Wildman–Crippen LogP) is 3.43. The van der Waals surface area contributed by atoms with Gasteiger partial charge in [-0.3, -0.25) is 4.79 Å². The molecule has 2 aromatic rings. The fourth-order valence-corrected chi connectivity index (χ4v) is 2.63. The Labute approximate surface area is 149 Å².